The predicted octanol–water partition coefficient (Wildman–Crippen LogP) is 4.24. The summed E-state index contributed by atoms with van der Waals surface area (Å²) in [6.07, 6.45) is 5.56. The molecule has 1 atom stereocenters. The number of hydrogen-bond acceptors (Lipinski definition) is 5. The fraction of sp³-hybridized carbons (Fsp3) is 0.682. The van der Waals surface area contributed by atoms with Crippen molar-refractivity contribution in [2.24, 2.45) is 5.92 Å². The second-order valence-electron chi connectivity index (χ2n) is 7.21. The molecular formula is C22H34N2O4. The number of nitrogens with one attached hydrogen (secondary N) is 1. The van der Waals surface area contributed by atoms with E-state index >= 15 is 0 Å². The summed E-state index contributed by atoms with van der Waals surface area (Å²) in [5.41, 5.74) is 1.45. The zero-order valence-electron chi connectivity index (χ0n) is 17.6. The third-order valence-electron chi connectivity index (χ3n) is 4.84. The van der Waals surface area contributed by atoms with Gasteiger partial charge < -0.3 is 14.8 Å². The highest BCUT2D eigenvalue weighted by Crippen LogP contribution is 2.44. The quantitative estimate of drug-likeness (QED) is 0.605. The van der Waals surface area contributed by atoms with Gasteiger partial charge in [0.05, 0.1) is 19.6 Å². The van der Waals surface area contributed by atoms with E-state index in [9.17, 15) is 9.59 Å². The summed E-state index contributed by atoms with van der Waals surface area (Å²) in [5.74, 6) is 1.17. The van der Waals surface area contributed by atoms with Crippen LogP contribution in [-0.2, 0) is 9.53 Å². The Bertz CT molecular complexity index is 654. The van der Waals surface area contributed by atoms with Gasteiger partial charge in [0, 0.05) is 11.6 Å². The molecule has 1 aromatic rings. The Labute approximate surface area is 168 Å². The molecule has 1 heterocycles. The van der Waals surface area contributed by atoms with Gasteiger partial charge in [-0.1, -0.05) is 26.8 Å². The minimum atomic E-state index is -0.301. The lowest BCUT2D eigenvalue weighted by molar-refractivity contribution is -0.143. The third kappa shape index (κ3) is 6.80. The molecule has 3 rings (SSSR count). The number of carbonyl (C=O) groups is 2. The van der Waals surface area contributed by atoms with Crippen molar-refractivity contribution in [1.29, 1.82) is 0 Å². The van der Waals surface area contributed by atoms with Crippen molar-refractivity contribution in [3.8, 4) is 5.88 Å². The molecule has 0 aliphatic heterocycles. The summed E-state index contributed by atoms with van der Waals surface area (Å²) >= 11 is 0. The molecule has 0 aromatic carbocycles. The largest absolute Gasteiger partial charge is 0.477 e. The molecule has 0 bridgehead atoms. The zero-order valence-corrected chi connectivity index (χ0v) is 17.6. The van der Waals surface area contributed by atoms with Gasteiger partial charge in [-0.2, -0.15) is 0 Å². The molecule has 0 saturated heterocycles. The number of hydrogen-bond donors (Lipinski definition) is 1. The maximum Gasteiger partial charge on any atom is 0.307 e. The first kappa shape index (κ1) is 22.2. The predicted molar refractivity (Wildman–Crippen MR) is 109 cm³/mol. The van der Waals surface area contributed by atoms with Crippen LogP contribution < -0.4 is 10.1 Å². The van der Waals surface area contributed by atoms with Crippen molar-refractivity contribution in [3.05, 3.63) is 23.4 Å². The summed E-state index contributed by atoms with van der Waals surface area (Å²) in [6, 6.07) is 3.46. The molecular weight excluding hydrogens is 356 g/mol. The van der Waals surface area contributed by atoms with Crippen molar-refractivity contribution >= 4 is 11.9 Å². The lowest BCUT2D eigenvalue weighted by atomic mass is 10.1. The Hall–Kier alpha value is -2.11. The highest BCUT2D eigenvalue weighted by molar-refractivity contribution is 5.93. The van der Waals surface area contributed by atoms with E-state index < -0.39 is 0 Å². The highest BCUT2D eigenvalue weighted by atomic mass is 16.5. The average molecular weight is 391 g/mol. The van der Waals surface area contributed by atoms with Crippen LogP contribution in [0.3, 0.4) is 0 Å². The van der Waals surface area contributed by atoms with Crippen LogP contribution in [0.25, 0.3) is 0 Å². The van der Waals surface area contributed by atoms with Gasteiger partial charge in [0.2, 0.25) is 5.88 Å². The third-order valence-corrected chi connectivity index (χ3v) is 4.84. The minimum absolute atomic E-state index is 0.168. The van der Waals surface area contributed by atoms with Gasteiger partial charge in [-0.05, 0) is 56.9 Å². The van der Waals surface area contributed by atoms with Gasteiger partial charge in [-0.15, -0.1) is 0 Å². The summed E-state index contributed by atoms with van der Waals surface area (Å²) in [6.45, 7) is 8.72. The van der Waals surface area contributed by atoms with E-state index in [-0.39, 0.29) is 24.3 Å². The maximum atomic E-state index is 12.6. The van der Waals surface area contributed by atoms with Crippen LogP contribution in [0.5, 0.6) is 5.88 Å². The molecule has 2 aliphatic rings. The van der Waals surface area contributed by atoms with Crippen LogP contribution in [0, 0.1) is 5.92 Å². The Morgan fingerprint density at radius 2 is 1.89 bits per heavy atom. The van der Waals surface area contributed by atoms with Gasteiger partial charge in [-0.25, -0.2) is 4.98 Å². The van der Waals surface area contributed by atoms with Crippen molar-refractivity contribution in [2.45, 2.75) is 78.2 Å². The Morgan fingerprint density at radius 3 is 2.46 bits per heavy atom. The van der Waals surface area contributed by atoms with Crippen LogP contribution in [0.1, 0.15) is 88.2 Å². The van der Waals surface area contributed by atoms with Crippen LogP contribution in [0.15, 0.2) is 12.1 Å². The first-order valence-corrected chi connectivity index (χ1v) is 10.7. The zero-order chi connectivity index (χ0) is 20.5. The maximum absolute atomic E-state index is 12.6. The van der Waals surface area contributed by atoms with E-state index in [0.717, 1.165) is 18.4 Å². The topological polar surface area (TPSA) is 77.5 Å². The number of esters is 1. The number of ether oxygens (including phenoxy) is 2. The Morgan fingerprint density at radius 1 is 1.18 bits per heavy atom. The van der Waals surface area contributed by atoms with Crippen LogP contribution >= 0.6 is 0 Å². The molecule has 1 N–H and O–H groups in total. The summed E-state index contributed by atoms with van der Waals surface area (Å²) < 4.78 is 10.9. The van der Waals surface area contributed by atoms with E-state index in [2.05, 4.69) is 10.3 Å². The van der Waals surface area contributed by atoms with Crippen LogP contribution in [0.4, 0.5) is 0 Å². The number of nitrogens with zero attached hydrogens (tertiary/aromatic N) is 1. The van der Waals surface area contributed by atoms with Crippen molar-refractivity contribution in [2.75, 3.05) is 13.2 Å². The fourth-order valence-corrected chi connectivity index (χ4v) is 2.86. The highest BCUT2D eigenvalue weighted by Gasteiger charge is 2.30. The lowest BCUT2D eigenvalue weighted by Crippen LogP contribution is -2.36. The second-order valence-corrected chi connectivity index (χ2v) is 7.21. The van der Waals surface area contributed by atoms with Crippen LogP contribution in [-0.4, -0.2) is 36.1 Å². The normalized spacial score (nSPS) is 16.4. The molecule has 2 saturated carbocycles. The second kappa shape index (κ2) is 11.0. The molecule has 1 unspecified atom stereocenters. The van der Waals surface area contributed by atoms with E-state index in [1.54, 1.807) is 13.0 Å². The van der Waals surface area contributed by atoms with Crippen molar-refractivity contribution in [1.82, 2.24) is 10.3 Å². The number of amides is 1. The van der Waals surface area contributed by atoms with Gasteiger partial charge >= 0.3 is 5.97 Å². The van der Waals surface area contributed by atoms with Gasteiger partial charge in [0.25, 0.3) is 5.91 Å². The molecule has 156 valence electrons. The van der Waals surface area contributed by atoms with E-state index in [1.165, 1.54) is 12.8 Å². The van der Waals surface area contributed by atoms with Crippen molar-refractivity contribution in [3.63, 3.8) is 0 Å². The molecule has 6 heteroatoms. The minimum Gasteiger partial charge on any atom is -0.477 e. The Balaban J connectivity index is 0.00000136. The number of aromatic nitrogens is 1. The standard InChI is InChI=1S/C20H28N2O4.C2H6/c1-3-15(11-18(23)25-4-2)21-19(24)17-10-9-16(14-7-8-14)20(22-17)26-12-13-5-6-13;1-2/h9-10,13-15H,3-8,11-12H2,1-2H3,(H,21,24);1-2H3. The Kier molecular flexibility index (Phi) is 8.74. The SMILES string of the molecule is CC.CCOC(=O)CC(CC)NC(=O)c1ccc(C2CC2)c(OCC2CC2)n1. The van der Waals surface area contributed by atoms with Gasteiger partial charge in [-0.3, -0.25) is 9.59 Å². The van der Waals surface area contributed by atoms with E-state index in [4.69, 9.17) is 9.47 Å². The first-order chi connectivity index (χ1) is 13.6. The molecule has 2 aliphatic carbocycles. The number of carbonyl (C=O) groups excluding carboxylic acids is 2. The first-order valence-electron chi connectivity index (χ1n) is 10.7. The molecule has 28 heavy (non-hydrogen) atoms. The van der Waals surface area contributed by atoms with Gasteiger partial charge in [0.15, 0.2) is 0 Å². The van der Waals surface area contributed by atoms with Crippen LogP contribution in [0.2, 0.25) is 0 Å². The molecule has 2 fully saturated rings. The van der Waals surface area contributed by atoms with E-state index in [0.29, 0.717) is 43.0 Å². The fourth-order valence-electron chi connectivity index (χ4n) is 2.86. The summed E-state index contributed by atoms with van der Waals surface area (Å²) in [4.78, 5) is 28.7. The van der Waals surface area contributed by atoms with Gasteiger partial charge in [0.1, 0.15) is 5.69 Å². The summed E-state index contributed by atoms with van der Waals surface area (Å²) in [5, 5.41) is 2.88. The monoisotopic (exact) mass is 390 g/mol. The molecule has 6 nitrogen and oxygen atoms in total. The lowest BCUT2D eigenvalue weighted by Gasteiger charge is -2.17. The number of pyridine rings is 1. The molecule has 1 amide bonds. The number of rotatable bonds is 10. The average Bonchev–Trinajstić information content (AvgIpc) is 3.61. The smallest absolute Gasteiger partial charge is 0.307 e. The van der Waals surface area contributed by atoms with E-state index in [1.807, 2.05) is 26.8 Å². The summed E-state index contributed by atoms with van der Waals surface area (Å²) in [7, 11) is 0. The molecule has 0 spiro atoms. The molecule has 0 radical (unpaired) electrons. The molecule has 1 aromatic heterocycles. The van der Waals surface area contributed by atoms with Crippen molar-refractivity contribution < 1.29 is 19.1 Å².